The van der Waals surface area contributed by atoms with Crippen LogP contribution in [-0.4, -0.2) is 10.1 Å². The Kier molecular flexibility index (Phi) is 3.49. The minimum absolute atomic E-state index is 0.199. The number of pyridine rings is 1. The van der Waals surface area contributed by atoms with Gasteiger partial charge in [-0.3, -0.25) is 4.98 Å². The Morgan fingerprint density at radius 3 is 2.95 bits per heavy atom. The quantitative estimate of drug-likeness (QED) is 0.906. The van der Waals surface area contributed by atoms with Gasteiger partial charge in [-0.15, -0.1) is 0 Å². The summed E-state index contributed by atoms with van der Waals surface area (Å²) in [4.78, 5) is 4.22. The second-order valence-corrected chi connectivity index (χ2v) is 6.72. The summed E-state index contributed by atoms with van der Waals surface area (Å²) in [5, 5.41) is 12.9. The van der Waals surface area contributed by atoms with Crippen molar-refractivity contribution >= 4 is 0 Å². The number of aromatic hydroxyl groups is 1. The Hall–Kier alpha value is -1.81. The van der Waals surface area contributed by atoms with Crippen molar-refractivity contribution in [1.82, 2.24) is 10.3 Å². The Bertz CT molecular complexity index is 629. The molecule has 112 valence electrons. The lowest BCUT2D eigenvalue weighted by molar-refractivity contribution is 0.233. The number of rotatable bonds is 3. The molecule has 1 aliphatic rings. The zero-order chi connectivity index (χ0) is 15.0. The maximum absolute atomic E-state index is 9.28. The average Bonchev–Trinajstić information content (AvgIpc) is 2.76. The van der Waals surface area contributed by atoms with Gasteiger partial charge in [0.05, 0.1) is 11.9 Å². The molecule has 1 aliphatic carbocycles. The number of aromatic nitrogens is 1. The van der Waals surface area contributed by atoms with Gasteiger partial charge in [-0.1, -0.05) is 13.8 Å². The SMILES string of the molecule is Cc1cc2c(o1)CC(C)(C)CC2NCc1ccc(O)cn1. The molecule has 0 spiro atoms. The van der Waals surface area contributed by atoms with Crippen LogP contribution in [0.5, 0.6) is 5.75 Å². The third-order valence-electron chi connectivity index (χ3n) is 4.07. The Morgan fingerprint density at radius 1 is 1.43 bits per heavy atom. The molecule has 1 atom stereocenters. The molecule has 3 rings (SSSR count). The van der Waals surface area contributed by atoms with E-state index >= 15 is 0 Å². The zero-order valence-electron chi connectivity index (χ0n) is 12.8. The van der Waals surface area contributed by atoms with Crippen LogP contribution in [0.25, 0.3) is 0 Å². The van der Waals surface area contributed by atoms with Gasteiger partial charge in [0.2, 0.25) is 0 Å². The zero-order valence-corrected chi connectivity index (χ0v) is 12.8. The van der Waals surface area contributed by atoms with E-state index in [0.29, 0.717) is 6.54 Å². The fourth-order valence-electron chi connectivity index (χ4n) is 3.12. The van der Waals surface area contributed by atoms with E-state index < -0.39 is 0 Å². The van der Waals surface area contributed by atoms with Crippen LogP contribution in [0.2, 0.25) is 0 Å². The lowest BCUT2D eigenvalue weighted by Crippen LogP contribution is -2.32. The molecule has 2 aromatic heterocycles. The van der Waals surface area contributed by atoms with E-state index in [1.165, 1.54) is 11.8 Å². The van der Waals surface area contributed by atoms with Gasteiger partial charge in [0.15, 0.2) is 0 Å². The van der Waals surface area contributed by atoms with Gasteiger partial charge in [0, 0.05) is 24.6 Å². The Morgan fingerprint density at radius 2 is 2.24 bits per heavy atom. The summed E-state index contributed by atoms with van der Waals surface area (Å²) in [6.07, 6.45) is 3.55. The molecule has 0 amide bonds. The van der Waals surface area contributed by atoms with Crippen molar-refractivity contribution in [3.05, 3.63) is 47.2 Å². The number of hydrogen-bond donors (Lipinski definition) is 2. The molecule has 2 heterocycles. The second-order valence-electron chi connectivity index (χ2n) is 6.72. The predicted octanol–water partition coefficient (Wildman–Crippen LogP) is 3.49. The topological polar surface area (TPSA) is 58.3 Å². The highest BCUT2D eigenvalue weighted by Crippen LogP contribution is 2.42. The summed E-state index contributed by atoms with van der Waals surface area (Å²) in [6.45, 7) is 7.25. The largest absolute Gasteiger partial charge is 0.506 e. The summed E-state index contributed by atoms with van der Waals surface area (Å²) >= 11 is 0. The van der Waals surface area contributed by atoms with E-state index in [9.17, 15) is 5.11 Å². The van der Waals surface area contributed by atoms with E-state index in [1.54, 1.807) is 6.07 Å². The highest BCUT2D eigenvalue weighted by Gasteiger charge is 2.34. The van der Waals surface area contributed by atoms with Crippen molar-refractivity contribution in [2.75, 3.05) is 0 Å². The van der Waals surface area contributed by atoms with Crippen molar-refractivity contribution in [3.63, 3.8) is 0 Å². The van der Waals surface area contributed by atoms with E-state index in [4.69, 9.17) is 4.42 Å². The van der Waals surface area contributed by atoms with Gasteiger partial charge in [-0.2, -0.15) is 0 Å². The molecule has 21 heavy (non-hydrogen) atoms. The van der Waals surface area contributed by atoms with Crippen molar-refractivity contribution in [2.24, 2.45) is 5.41 Å². The molecule has 4 heteroatoms. The summed E-state index contributed by atoms with van der Waals surface area (Å²) in [5.74, 6) is 2.29. The fraction of sp³-hybridized carbons (Fsp3) is 0.471. The summed E-state index contributed by atoms with van der Waals surface area (Å²) in [7, 11) is 0. The van der Waals surface area contributed by atoms with Crippen molar-refractivity contribution < 1.29 is 9.52 Å². The van der Waals surface area contributed by atoms with Gasteiger partial charge in [0.25, 0.3) is 0 Å². The Labute approximate surface area is 125 Å². The van der Waals surface area contributed by atoms with E-state index in [0.717, 1.165) is 30.1 Å². The molecule has 4 nitrogen and oxygen atoms in total. The number of fused-ring (bicyclic) bond motifs is 1. The van der Waals surface area contributed by atoms with E-state index in [1.807, 2.05) is 13.0 Å². The summed E-state index contributed by atoms with van der Waals surface area (Å²) in [6, 6.07) is 5.95. The normalized spacial score (nSPS) is 20.2. The number of aryl methyl sites for hydroxylation is 1. The predicted molar refractivity (Wildman–Crippen MR) is 81.0 cm³/mol. The first kappa shape index (κ1) is 14.1. The molecule has 0 aromatic carbocycles. The van der Waals surface area contributed by atoms with Crippen molar-refractivity contribution in [1.29, 1.82) is 0 Å². The van der Waals surface area contributed by atoms with Crippen LogP contribution >= 0.6 is 0 Å². The van der Waals surface area contributed by atoms with Gasteiger partial charge >= 0.3 is 0 Å². The average molecular weight is 286 g/mol. The first-order valence-electron chi connectivity index (χ1n) is 7.39. The highest BCUT2D eigenvalue weighted by molar-refractivity contribution is 5.29. The molecule has 2 N–H and O–H groups in total. The van der Waals surface area contributed by atoms with Crippen molar-refractivity contribution in [2.45, 2.75) is 46.2 Å². The van der Waals surface area contributed by atoms with Crippen LogP contribution in [0.15, 0.2) is 28.8 Å². The third kappa shape index (κ3) is 3.10. The fourth-order valence-corrected chi connectivity index (χ4v) is 3.12. The van der Waals surface area contributed by atoms with Crippen LogP contribution < -0.4 is 5.32 Å². The van der Waals surface area contributed by atoms with E-state index in [2.05, 4.69) is 30.2 Å². The van der Waals surface area contributed by atoms with Gasteiger partial charge < -0.3 is 14.8 Å². The van der Waals surface area contributed by atoms with E-state index in [-0.39, 0.29) is 17.2 Å². The standard InChI is InChI=1S/C17H22N2O2/c1-11-6-14-15(7-17(2,3)8-16(14)21-11)19-9-12-4-5-13(20)10-18-12/h4-6,10,15,19-20H,7-9H2,1-3H3. The molecule has 0 fully saturated rings. The van der Waals surface area contributed by atoms with Crippen LogP contribution in [0.4, 0.5) is 0 Å². The van der Waals surface area contributed by atoms with Gasteiger partial charge in [-0.05, 0) is 37.0 Å². The lowest BCUT2D eigenvalue weighted by atomic mass is 9.74. The van der Waals surface area contributed by atoms with Crippen LogP contribution in [-0.2, 0) is 13.0 Å². The number of nitrogens with zero attached hydrogens (tertiary/aromatic N) is 1. The smallest absolute Gasteiger partial charge is 0.133 e. The molecular weight excluding hydrogens is 264 g/mol. The number of furan rings is 1. The molecule has 0 aliphatic heterocycles. The molecule has 2 aromatic rings. The first-order chi connectivity index (χ1) is 9.93. The van der Waals surface area contributed by atoms with Gasteiger partial charge in [0.1, 0.15) is 17.3 Å². The molecule has 0 bridgehead atoms. The maximum Gasteiger partial charge on any atom is 0.133 e. The van der Waals surface area contributed by atoms with Crippen molar-refractivity contribution in [3.8, 4) is 5.75 Å². The summed E-state index contributed by atoms with van der Waals surface area (Å²) < 4.78 is 5.85. The Balaban J connectivity index is 1.76. The molecule has 0 saturated carbocycles. The monoisotopic (exact) mass is 286 g/mol. The second kappa shape index (κ2) is 5.19. The first-order valence-corrected chi connectivity index (χ1v) is 7.39. The lowest BCUT2D eigenvalue weighted by Gasteiger charge is -2.34. The molecule has 1 unspecified atom stereocenters. The molecule has 0 saturated heterocycles. The minimum atomic E-state index is 0.199. The van der Waals surface area contributed by atoms with Crippen LogP contribution in [0, 0.1) is 12.3 Å². The molecular formula is C17H22N2O2. The minimum Gasteiger partial charge on any atom is -0.506 e. The summed E-state index contributed by atoms with van der Waals surface area (Å²) in [5.41, 5.74) is 2.45. The highest BCUT2D eigenvalue weighted by atomic mass is 16.3. The molecule has 0 radical (unpaired) electrons. The maximum atomic E-state index is 9.28. The number of hydrogen-bond acceptors (Lipinski definition) is 4. The number of nitrogens with one attached hydrogen (secondary N) is 1. The van der Waals surface area contributed by atoms with Crippen LogP contribution in [0.1, 0.15) is 49.1 Å². The van der Waals surface area contributed by atoms with Gasteiger partial charge in [-0.25, -0.2) is 0 Å². The van der Waals surface area contributed by atoms with Crippen LogP contribution in [0.3, 0.4) is 0 Å². The third-order valence-corrected chi connectivity index (χ3v) is 4.07.